The molecule has 0 spiro atoms. The number of alkyl halides is 3. The Bertz CT molecular complexity index is 590. The summed E-state index contributed by atoms with van der Waals surface area (Å²) in [6.07, 6.45) is -0.882. The second-order valence-corrected chi connectivity index (χ2v) is 5.23. The quantitative estimate of drug-likeness (QED) is 0.707. The standard InChI is InChI=1S/C17H20F3NO/c1-2-3-4-10-21-12-15-8-9-16(22-15)13-6-5-7-14(11-13)17(18,19)20/h5-9,11,21H,2-4,10,12H2,1H3. The third-order valence-corrected chi connectivity index (χ3v) is 3.39. The topological polar surface area (TPSA) is 25.2 Å². The summed E-state index contributed by atoms with van der Waals surface area (Å²) in [6, 6.07) is 8.68. The number of hydrogen-bond donors (Lipinski definition) is 1. The molecule has 1 N–H and O–H groups in total. The van der Waals surface area contributed by atoms with E-state index >= 15 is 0 Å². The molecule has 2 nitrogen and oxygen atoms in total. The van der Waals surface area contributed by atoms with E-state index in [0.29, 0.717) is 17.9 Å². The van der Waals surface area contributed by atoms with Crippen LogP contribution in [0.15, 0.2) is 40.8 Å². The SMILES string of the molecule is CCCCCNCc1ccc(-c2cccc(C(F)(F)F)c2)o1. The Morgan fingerprint density at radius 2 is 1.91 bits per heavy atom. The molecule has 0 bridgehead atoms. The maximum absolute atomic E-state index is 12.7. The molecular weight excluding hydrogens is 291 g/mol. The summed E-state index contributed by atoms with van der Waals surface area (Å²) in [6.45, 7) is 3.64. The number of hydrogen-bond acceptors (Lipinski definition) is 2. The smallest absolute Gasteiger partial charge is 0.416 e. The van der Waals surface area contributed by atoms with Gasteiger partial charge in [-0.1, -0.05) is 31.9 Å². The van der Waals surface area contributed by atoms with Crippen molar-refractivity contribution < 1.29 is 17.6 Å². The van der Waals surface area contributed by atoms with Gasteiger partial charge in [-0.2, -0.15) is 13.2 Å². The third kappa shape index (κ3) is 4.63. The molecule has 0 amide bonds. The van der Waals surface area contributed by atoms with Crippen LogP contribution in [0.5, 0.6) is 0 Å². The van der Waals surface area contributed by atoms with Gasteiger partial charge in [0.2, 0.25) is 0 Å². The highest BCUT2D eigenvalue weighted by Crippen LogP contribution is 2.32. The predicted octanol–water partition coefficient (Wildman–Crippen LogP) is 5.25. The van der Waals surface area contributed by atoms with Crippen molar-refractivity contribution in [2.45, 2.75) is 38.9 Å². The lowest BCUT2D eigenvalue weighted by Gasteiger charge is -2.07. The van der Waals surface area contributed by atoms with E-state index in [2.05, 4.69) is 12.2 Å². The van der Waals surface area contributed by atoms with Crippen molar-refractivity contribution in [3.63, 3.8) is 0 Å². The fourth-order valence-corrected chi connectivity index (χ4v) is 2.19. The van der Waals surface area contributed by atoms with E-state index in [1.807, 2.05) is 0 Å². The number of furan rings is 1. The van der Waals surface area contributed by atoms with Crippen molar-refractivity contribution in [1.82, 2.24) is 5.32 Å². The van der Waals surface area contributed by atoms with Crippen LogP contribution in [0.2, 0.25) is 0 Å². The Morgan fingerprint density at radius 3 is 2.64 bits per heavy atom. The largest absolute Gasteiger partial charge is 0.460 e. The molecule has 1 aromatic carbocycles. The summed E-state index contributed by atoms with van der Waals surface area (Å²) in [5.41, 5.74) is -0.229. The monoisotopic (exact) mass is 311 g/mol. The number of rotatable bonds is 7. The van der Waals surface area contributed by atoms with Crippen molar-refractivity contribution in [3.8, 4) is 11.3 Å². The number of halogens is 3. The van der Waals surface area contributed by atoms with Crippen LogP contribution in [-0.2, 0) is 12.7 Å². The van der Waals surface area contributed by atoms with Gasteiger partial charge in [-0.3, -0.25) is 0 Å². The Balaban J connectivity index is 1.99. The fraction of sp³-hybridized carbons (Fsp3) is 0.412. The van der Waals surface area contributed by atoms with Crippen LogP contribution in [-0.4, -0.2) is 6.54 Å². The minimum Gasteiger partial charge on any atom is -0.460 e. The van der Waals surface area contributed by atoms with Crippen molar-refractivity contribution in [2.75, 3.05) is 6.54 Å². The molecule has 5 heteroatoms. The average molecular weight is 311 g/mol. The predicted molar refractivity (Wildman–Crippen MR) is 80.4 cm³/mol. The van der Waals surface area contributed by atoms with Crippen LogP contribution in [0.25, 0.3) is 11.3 Å². The Labute approximate surface area is 128 Å². The molecule has 0 aliphatic carbocycles. The van der Waals surface area contributed by atoms with Crippen molar-refractivity contribution in [3.05, 3.63) is 47.7 Å². The Hall–Kier alpha value is -1.75. The molecule has 0 aliphatic heterocycles. The zero-order valence-electron chi connectivity index (χ0n) is 12.5. The van der Waals surface area contributed by atoms with Crippen molar-refractivity contribution >= 4 is 0 Å². The van der Waals surface area contributed by atoms with E-state index in [4.69, 9.17) is 4.42 Å². The van der Waals surface area contributed by atoms with E-state index in [9.17, 15) is 13.2 Å². The highest BCUT2D eigenvalue weighted by molar-refractivity contribution is 5.58. The lowest BCUT2D eigenvalue weighted by Crippen LogP contribution is -2.13. The van der Waals surface area contributed by atoms with Crippen molar-refractivity contribution in [2.24, 2.45) is 0 Å². The Kier molecular flexibility index (Phi) is 5.66. The maximum Gasteiger partial charge on any atom is 0.416 e. The molecule has 22 heavy (non-hydrogen) atoms. The summed E-state index contributed by atoms with van der Waals surface area (Å²) < 4.78 is 43.8. The van der Waals surface area contributed by atoms with Crippen LogP contribution in [0, 0.1) is 0 Å². The first-order valence-electron chi connectivity index (χ1n) is 7.48. The summed E-state index contributed by atoms with van der Waals surface area (Å²) in [5, 5.41) is 3.26. The maximum atomic E-state index is 12.7. The first-order valence-corrected chi connectivity index (χ1v) is 7.48. The van der Waals surface area contributed by atoms with Crippen LogP contribution in [0.3, 0.4) is 0 Å². The summed E-state index contributed by atoms with van der Waals surface area (Å²) >= 11 is 0. The van der Waals surface area contributed by atoms with Gasteiger partial charge in [-0.15, -0.1) is 0 Å². The highest BCUT2D eigenvalue weighted by Gasteiger charge is 2.30. The van der Waals surface area contributed by atoms with Gasteiger partial charge in [0, 0.05) is 5.56 Å². The first-order chi connectivity index (χ1) is 10.5. The number of benzene rings is 1. The molecular formula is C17H20F3NO. The van der Waals surface area contributed by atoms with E-state index < -0.39 is 11.7 Å². The minimum absolute atomic E-state index is 0.437. The average Bonchev–Trinajstić information content (AvgIpc) is 2.95. The molecule has 0 aliphatic rings. The van der Waals surface area contributed by atoms with E-state index in [-0.39, 0.29) is 0 Å². The minimum atomic E-state index is -4.34. The second kappa shape index (κ2) is 7.49. The van der Waals surface area contributed by atoms with E-state index in [1.54, 1.807) is 18.2 Å². The third-order valence-electron chi connectivity index (χ3n) is 3.39. The summed E-state index contributed by atoms with van der Waals surface area (Å²) in [5.74, 6) is 1.18. The van der Waals surface area contributed by atoms with Crippen molar-refractivity contribution in [1.29, 1.82) is 0 Å². The zero-order valence-corrected chi connectivity index (χ0v) is 12.5. The van der Waals surface area contributed by atoms with Crippen LogP contribution < -0.4 is 5.32 Å². The molecule has 0 saturated heterocycles. The molecule has 1 heterocycles. The molecule has 0 fully saturated rings. The Morgan fingerprint density at radius 1 is 1.09 bits per heavy atom. The molecule has 0 unspecified atom stereocenters. The van der Waals surface area contributed by atoms with Gasteiger partial charge in [0.15, 0.2) is 0 Å². The van der Waals surface area contributed by atoms with Gasteiger partial charge in [-0.25, -0.2) is 0 Å². The number of unbranched alkanes of at least 4 members (excludes halogenated alkanes) is 2. The highest BCUT2D eigenvalue weighted by atomic mass is 19.4. The normalized spacial score (nSPS) is 11.8. The van der Waals surface area contributed by atoms with E-state index in [1.165, 1.54) is 18.9 Å². The van der Waals surface area contributed by atoms with Gasteiger partial charge >= 0.3 is 6.18 Å². The summed E-state index contributed by atoms with van der Waals surface area (Å²) in [4.78, 5) is 0. The molecule has 2 aromatic rings. The zero-order chi connectivity index (χ0) is 16.0. The molecule has 2 rings (SSSR count). The van der Waals surface area contributed by atoms with Crippen LogP contribution in [0.1, 0.15) is 37.5 Å². The van der Waals surface area contributed by atoms with Gasteiger partial charge in [0.25, 0.3) is 0 Å². The second-order valence-electron chi connectivity index (χ2n) is 5.23. The van der Waals surface area contributed by atoms with Gasteiger partial charge < -0.3 is 9.73 Å². The molecule has 0 atom stereocenters. The molecule has 0 radical (unpaired) electrons. The molecule has 120 valence electrons. The van der Waals surface area contributed by atoms with Crippen LogP contribution in [0.4, 0.5) is 13.2 Å². The molecule has 0 saturated carbocycles. The molecule has 1 aromatic heterocycles. The number of nitrogens with one attached hydrogen (secondary N) is 1. The van der Waals surface area contributed by atoms with Gasteiger partial charge in [0.05, 0.1) is 12.1 Å². The van der Waals surface area contributed by atoms with Gasteiger partial charge in [0.1, 0.15) is 11.5 Å². The van der Waals surface area contributed by atoms with E-state index in [0.717, 1.165) is 30.9 Å². The first kappa shape index (κ1) is 16.6. The van der Waals surface area contributed by atoms with Crippen LogP contribution >= 0.6 is 0 Å². The fourth-order valence-electron chi connectivity index (χ4n) is 2.19. The lowest BCUT2D eigenvalue weighted by atomic mass is 10.1. The lowest BCUT2D eigenvalue weighted by molar-refractivity contribution is -0.137. The van der Waals surface area contributed by atoms with Gasteiger partial charge in [-0.05, 0) is 37.2 Å². The summed E-state index contributed by atoms with van der Waals surface area (Å²) in [7, 11) is 0.